The van der Waals surface area contributed by atoms with Crippen LogP contribution in [-0.2, 0) is 9.59 Å². The minimum Gasteiger partial charge on any atom is -0.322 e. The first-order valence-electron chi connectivity index (χ1n) is 10.6. The topological polar surface area (TPSA) is 66.5 Å². The molecule has 1 heterocycles. The highest BCUT2D eigenvalue weighted by Gasteiger charge is 2.67. The van der Waals surface area contributed by atoms with E-state index < -0.39 is 0 Å². The van der Waals surface area contributed by atoms with E-state index in [0.29, 0.717) is 28.8 Å². The van der Waals surface area contributed by atoms with Crippen LogP contribution in [0.15, 0.2) is 60.7 Å². The van der Waals surface area contributed by atoms with E-state index in [1.165, 1.54) is 4.90 Å². The number of amides is 3. The van der Waals surface area contributed by atoms with Crippen LogP contribution in [0.2, 0.25) is 0 Å². The predicted octanol–water partition coefficient (Wildman–Crippen LogP) is 3.80. The molecule has 1 N–H and O–H groups in total. The number of allylic oxidation sites excluding steroid dienone is 2. The third-order valence-electron chi connectivity index (χ3n) is 7.31. The molecule has 0 unspecified atom stereocenters. The molecule has 0 aromatic heterocycles. The van der Waals surface area contributed by atoms with Crippen LogP contribution < -0.4 is 10.2 Å². The first-order chi connectivity index (χ1) is 14.5. The van der Waals surface area contributed by atoms with E-state index in [4.69, 9.17) is 0 Å². The van der Waals surface area contributed by atoms with Gasteiger partial charge in [-0.25, -0.2) is 4.90 Å². The van der Waals surface area contributed by atoms with Crippen molar-refractivity contribution in [3.05, 3.63) is 71.8 Å². The summed E-state index contributed by atoms with van der Waals surface area (Å²) in [5, 5.41) is 2.89. The van der Waals surface area contributed by atoms with Crippen molar-refractivity contribution < 1.29 is 14.4 Å². The lowest BCUT2D eigenvalue weighted by molar-refractivity contribution is -0.124. The Balaban J connectivity index is 1.29. The highest BCUT2D eigenvalue weighted by atomic mass is 16.2. The maximum absolute atomic E-state index is 13.3. The maximum atomic E-state index is 13.3. The van der Waals surface area contributed by atoms with Crippen LogP contribution in [0.3, 0.4) is 0 Å². The van der Waals surface area contributed by atoms with E-state index >= 15 is 0 Å². The van der Waals surface area contributed by atoms with E-state index in [1.807, 2.05) is 31.2 Å². The molecule has 5 nitrogen and oxygen atoms in total. The van der Waals surface area contributed by atoms with Crippen molar-refractivity contribution in [2.24, 2.45) is 35.5 Å². The Morgan fingerprint density at radius 1 is 0.933 bits per heavy atom. The summed E-state index contributed by atoms with van der Waals surface area (Å²) in [5.41, 5.74) is 2.68. The zero-order valence-electron chi connectivity index (χ0n) is 16.6. The van der Waals surface area contributed by atoms with Crippen LogP contribution in [0, 0.1) is 42.4 Å². The summed E-state index contributed by atoms with van der Waals surface area (Å²) in [6, 6.07) is 14.4. The molecule has 5 aliphatic rings. The SMILES string of the molecule is Cc1cccc(NC(=O)c2cccc(N3C(=O)[C@@H]4[C@H]5C=C[C@H]([C@H]6C[C@H]56)[C@@H]4C3=O)c2)c1. The van der Waals surface area contributed by atoms with Crippen LogP contribution in [0.1, 0.15) is 22.3 Å². The van der Waals surface area contributed by atoms with Crippen LogP contribution in [0.25, 0.3) is 0 Å². The quantitative estimate of drug-likeness (QED) is 0.632. The zero-order chi connectivity index (χ0) is 20.6. The second-order valence-electron chi connectivity index (χ2n) is 9.04. The Bertz CT molecular complexity index is 1100. The molecule has 0 radical (unpaired) electrons. The Morgan fingerprint density at radius 2 is 1.60 bits per heavy atom. The molecule has 2 bridgehead atoms. The molecule has 30 heavy (non-hydrogen) atoms. The van der Waals surface area contributed by atoms with Gasteiger partial charge in [-0.05, 0) is 72.9 Å². The van der Waals surface area contributed by atoms with Gasteiger partial charge in [0.25, 0.3) is 5.91 Å². The van der Waals surface area contributed by atoms with Crippen molar-refractivity contribution in [3.63, 3.8) is 0 Å². The van der Waals surface area contributed by atoms with E-state index in [-0.39, 0.29) is 41.4 Å². The van der Waals surface area contributed by atoms with Crippen molar-refractivity contribution in [1.29, 1.82) is 0 Å². The van der Waals surface area contributed by atoms with E-state index in [0.717, 1.165) is 12.0 Å². The minimum atomic E-state index is -0.262. The summed E-state index contributed by atoms with van der Waals surface area (Å²) >= 11 is 0. The van der Waals surface area contributed by atoms with E-state index in [1.54, 1.807) is 24.3 Å². The lowest BCUT2D eigenvalue weighted by Gasteiger charge is -2.37. The number of nitrogens with zero attached hydrogens (tertiary/aromatic N) is 1. The lowest BCUT2D eigenvalue weighted by atomic mass is 9.63. The molecule has 5 heteroatoms. The van der Waals surface area contributed by atoms with Crippen molar-refractivity contribution >= 4 is 29.1 Å². The molecule has 7 rings (SSSR count). The number of carbonyl (C=O) groups excluding carboxylic acids is 3. The van der Waals surface area contributed by atoms with Gasteiger partial charge in [-0.1, -0.05) is 30.4 Å². The normalized spacial score (nSPS) is 32.8. The molecule has 3 fully saturated rings. The fourth-order valence-electron chi connectivity index (χ4n) is 5.92. The molecule has 1 saturated heterocycles. The molecular weight excluding hydrogens is 376 g/mol. The van der Waals surface area contributed by atoms with Crippen molar-refractivity contribution in [1.82, 2.24) is 0 Å². The van der Waals surface area contributed by atoms with Gasteiger partial charge in [0, 0.05) is 11.3 Å². The Labute approximate surface area is 174 Å². The van der Waals surface area contributed by atoms with Gasteiger partial charge < -0.3 is 5.32 Å². The van der Waals surface area contributed by atoms with Crippen LogP contribution in [0.5, 0.6) is 0 Å². The van der Waals surface area contributed by atoms with Crippen molar-refractivity contribution in [2.75, 3.05) is 10.2 Å². The van der Waals surface area contributed by atoms with Gasteiger partial charge in [0.05, 0.1) is 17.5 Å². The largest absolute Gasteiger partial charge is 0.322 e. The monoisotopic (exact) mass is 398 g/mol. The average molecular weight is 398 g/mol. The van der Waals surface area contributed by atoms with Crippen LogP contribution in [0.4, 0.5) is 11.4 Å². The first-order valence-corrected chi connectivity index (χ1v) is 10.6. The highest BCUT2D eigenvalue weighted by molar-refractivity contribution is 6.23. The molecule has 6 atom stereocenters. The van der Waals surface area contributed by atoms with Gasteiger partial charge in [-0.2, -0.15) is 0 Å². The number of rotatable bonds is 3. The number of benzene rings is 2. The molecule has 4 aliphatic carbocycles. The number of nitrogens with one attached hydrogen (secondary N) is 1. The molecule has 2 saturated carbocycles. The number of aryl methyl sites for hydroxylation is 1. The van der Waals surface area contributed by atoms with Crippen LogP contribution >= 0.6 is 0 Å². The fraction of sp³-hybridized carbons (Fsp3) is 0.320. The molecule has 150 valence electrons. The first kappa shape index (κ1) is 17.6. The van der Waals surface area contributed by atoms with E-state index in [9.17, 15) is 14.4 Å². The second kappa shape index (κ2) is 6.14. The molecule has 2 aromatic carbocycles. The minimum absolute atomic E-state index is 0.106. The number of carbonyl (C=O) groups is 3. The molecule has 2 aromatic rings. The Kier molecular flexibility index (Phi) is 3.61. The molecule has 1 aliphatic heterocycles. The number of anilines is 2. The van der Waals surface area contributed by atoms with Gasteiger partial charge in [0.1, 0.15) is 0 Å². The fourth-order valence-corrected chi connectivity index (χ4v) is 5.92. The summed E-state index contributed by atoms with van der Waals surface area (Å²) in [6.07, 6.45) is 5.48. The van der Waals surface area contributed by atoms with Gasteiger partial charge in [0.2, 0.25) is 11.8 Å². The van der Waals surface area contributed by atoms with Gasteiger partial charge in [0.15, 0.2) is 0 Å². The van der Waals surface area contributed by atoms with Gasteiger partial charge >= 0.3 is 0 Å². The number of hydrogen-bond donors (Lipinski definition) is 1. The van der Waals surface area contributed by atoms with Gasteiger partial charge in [-0.15, -0.1) is 0 Å². The summed E-state index contributed by atoms with van der Waals surface area (Å²) < 4.78 is 0. The van der Waals surface area contributed by atoms with Crippen molar-refractivity contribution in [3.8, 4) is 0 Å². The molecule has 0 spiro atoms. The Morgan fingerprint density at radius 3 is 2.27 bits per heavy atom. The molecule has 3 amide bonds. The smallest absolute Gasteiger partial charge is 0.255 e. The van der Waals surface area contributed by atoms with Gasteiger partial charge in [-0.3, -0.25) is 14.4 Å². The van der Waals surface area contributed by atoms with E-state index in [2.05, 4.69) is 17.5 Å². The van der Waals surface area contributed by atoms with Crippen LogP contribution in [-0.4, -0.2) is 17.7 Å². The third kappa shape index (κ3) is 2.44. The van der Waals surface area contributed by atoms with Crippen molar-refractivity contribution in [2.45, 2.75) is 13.3 Å². The summed E-state index contributed by atoms with van der Waals surface area (Å²) in [4.78, 5) is 40.7. The standard InChI is InChI=1S/C25H22N2O3/c1-13-4-2-6-15(10-13)26-23(28)14-5-3-7-16(11-14)27-24(29)21-17-8-9-18(20-12-19(17)20)22(21)25(27)30/h2-11,17-22H,12H2,1H3,(H,26,28)/t17-,18+,19-,20-,21+,22-/m1/s1. The number of imide groups is 1. The lowest BCUT2D eigenvalue weighted by Crippen LogP contribution is -2.40. The molecular formula is C25H22N2O3. The Hall–Kier alpha value is -3.21. The average Bonchev–Trinajstić information content (AvgIpc) is 3.52. The summed E-state index contributed by atoms with van der Waals surface area (Å²) in [7, 11) is 0. The highest BCUT2D eigenvalue weighted by Crippen LogP contribution is 2.65. The summed E-state index contributed by atoms with van der Waals surface area (Å²) in [5.74, 6) is 0.591. The summed E-state index contributed by atoms with van der Waals surface area (Å²) in [6.45, 7) is 1.96. The zero-order valence-corrected chi connectivity index (χ0v) is 16.6. The maximum Gasteiger partial charge on any atom is 0.255 e. The third-order valence-corrected chi connectivity index (χ3v) is 7.31. The second-order valence-corrected chi connectivity index (χ2v) is 9.04. The predicted molar refractivity (Wildman–Crippen MR) is 113 cm³/mol. The number of hydrogen-bond acceptors (Lipinski definition) is 3.